The maximum atomic E-state index is 9.99. The molecule has 1 rings (SSSR count). The second-order valence-electron chi connectivity index (χ2n) is 3.17. The number of aliphatic hydroxyl groups excluding tert-OH is 1. The average Bonchev–Trinajstić information content (AvgIpc) is 2.27. The van der Waals surface area contributed by atoms with Crippen molar-refractivity contribution in [3.8, 4) is 0 Å². The van der Waals surface area contributed by atoms with Gasteiger partial charge in [0, 0.05) is 5.92 Å². The zero-order chi connectivity index (χ0) is 10.6. The van der Waals surface area contributed by atoms with Crippen LogP contribution in [0.2, 0.25) is 0 Å². The molecule has 1 aromatic rings. The largest absolute Gasteiger partial charge is 0.388 e. The number of thiocarbonyl (C=S) groups is 1. The third-order valence-corrected chi connectivity index (χ3v) is 3.83. The summed E-state index contributed by atoms with van der Waals surface area (Å²) in [4.78, 5) is 0. The van der Waals surface area contributed by atoms with Crippen molar-refractivity contribution in [2.75, 3.05) is 6.26 Å². The number of benzene rings is 1. The fourth-order valence-corrected chi connectivity index (χ4v) is 1.88. The zero-order valence-corrected chi connectivity index (χ0v) is 9.94. The van der Waals surface area contributed by atoms with E-state index in [2.05, 4.69) is 0 Å². The van der Waals surface area contributed by atoms with Gasteiger partial charge >= 0.3 is 0 Å². The Bertz CT molecular complexity index is 297. The lowest BCUT2D eigenvalue weighted by atomic mass is 9.99. The summed E-state index contributed by atoms with van der Waals surface area (Å²) >= 11 is 6.68. The van der Waals surface area contributed by atoms with Crippen LogP contribution >= 0.6 is 24.0 Å². The summed E-state index contributed by atoms with van der Waals surface area (Å²) in [5, 5.41) is 9.99. The summed E-state index contributed by atoms with van der Waals surface area (Å²) in [6, 6.07) is 9.63. The van der Waals surface area contributed by atoms with Crippen LogP contribution in [0, 0.1) is 5.92 Å². The molecule has 0 amide bonds. The van der Waals surface area contributed by atoms with Gasteiger partial charge in [-0.1, -0.05) is 49.5 Å². The monoisotopic (exact) mass is 226 g/mol. The summed E-state index contributed by atoms with van der Waals surface area (Å²) < 4.78 is 0.848. The molecular weight excluding hydrogens is 212 g/mol. The van der Waals surface area contributed by atoms with Crippen molar-refractivity contribution in [2.45, 2.75) is 13.0 Å². The van der Waals surface area contributed by atoms with Crippen LogP contribution in [0.5, 0.6) is 0 Å². The molecule has 0 aromatic heterocycles. The smallest absolute Gasteiger partial charge is 0.0869 e. The molecule has 1 aromatic carbocycles. The topological polar surface area (TPSA) is 20.2 Å². The molecule has 0 aliphatic carbocycles. The average molecular weight is 226 g/mol. The van der Waals surface area contributed by atoms with Crippen LogP contribution in [-0.4, -0.2) is 15.6 Å². The molecule has 0 radical (unpaired) electrons. The van der Waals surface area contributed by atoms with E-state index in [0.29, 0.717) is 0 Å². The van der Waals surface area contributed by atoms with Gasteiger partial charge in [0.2, 0.25) is 0 Å². The van der Waals surface area contributed by atoms with Gasteiger partial charge in [-0.2, -0.15) is 0 Å². The minimum Gasteiger partial charge on any atom is -0.388 e. The molecule has 0 heterocycles. The maximum absolute atomic E-state index is 9.99. The second kappa shape index (κ2) is 5.49. The SMILES string of the molecule is CSC(=S)[C@H](C)[C@H](O)c1ccccc1. The Morgan fingerprint density at radius 3 is 2.43 bits per heavy atom. The number of aliphatic hydroxyl groups is 1. The van der Waals surface area contributed by atoms with E-state index in [4.69, 9.17) is 12.2 Å². The molecule has 0 saturated carbocycles. The molecule has 14 heavy (non-hydrogen) atoms. The zero-order valence-electron chi connectivity index (χ0n) is 8.31. The summed E-state index contributed by atoms with van der Waals surface area (Å²) in [6.07, 6.45) is 1.45. The van der Waals surface area contributed by atoms with Gasteiger partial charge in [0.1, 0.15) is 0 Å². The van der Waals surface area contributed by atoms with Crippen LogP contribution in [0.4, 0.5) is 0 Å². The van der Waals surface area contributed by atoms with Crippen molar-refractivity contribution < 1.29 is 5.11 Å². The molecule has 0 saturated heterocycles. The second-order valence-corrected chi connectivity index (χ2v) is 4.71. The highest BCUT2D eigenvalue weighted by Crippen LogP contribution is 2.25. The molecule has 0 fully saturated rings. The third-order valence-electron chi connectivity index (χ3n) is 2.19. The highest BCUT2D eigenvalue weighted by atomic mass is 32.2. The summed E-state index contributed by atoms with van der Waals surface area (Å²) in [6.45, 7) is 1.95. The van der Waals surface area contributed by atoms with Gasteiger partial charge in [-0.05, 0) is 11.8 Å². The Labute approximate surface area is 94.5 Å². The first-order chi connectivity index (χ1) is 6.66. The molecule has 76 valence electrons. The summed E-state index contributed by atoms with van der Waals surface area (Å²) in [5.74, 6) is 0.0161. The summed E-state index contributed by atoms with van der Waals surface area (Å²) in [7, 11) is 0. The number of hydrogen-bond donors (Lipinski definition) is 1. The van der Waals surface area contributed by atoms with Crippen molar-refractivity contribution >= 4 is 28.2 Å². The molecule has 2 atom stereocenters. The Balaban J connectivity index is 2.75. The van der Waals surface area contributed by atoms with Gasteiger partial charge in [-0.3, -0.25) is 0 Å². The molecular formula is C11H14OS2. The molecule has 0 bridgehead atoms. The van der Waals surface area contributed by atoms with E-state index in [1.165, 1.54) is 11.8 Å². The van der Waals surface area contributed by atoms with Crippen molar-refractivity contribution in [1.82, 2.24) is 0 Å². The van der Waals surface area contributed by atoms with Crippen LogP contribution < -0.4 is 0 Å². The predicted octanol–water partition coefficient (Wildman–Crippen LogP) is 3.05. The van der Waals surface area contributed by atoms with E-state index < -0.39 is 6.10 Å². The molecule has 1 N–H and O–H groups in total. The van der Waals surface area contributed by atoms with E-state index in [1.807, 2.05) is 43.5 Å². The van der Waals surface area contributed by atoms with E-state index in [0.717, 1.165) is 9.76 Å². The van der Waals surface area contributed by atoms with Gasteiger partial charge in [0.25, 0.3) is 0 Å². The Kier molecular flexibility index (Phi) is 4.58. The van der Waals surface area contributed by atoms with Gasteiger partial charge in [0.05, 0.1) is 10.3 Å². The van der Waals surface area contributed by atoms with E-state index in [9.17, 15) is 5.11 Å². The van der Waals surface area contributed by atoms with E-state index >= 15 is 0 Å². The lowest BCUT2D eigenvalue weighted by Gasteiger charge is -2.18. The molecule has 0 aliphatic heterocycles. The normalized spacial score (nSPS) is 14.8. The minimum atomic E-state index is -0.490. The predicted molar refractivity (Wildman–Crippen MR) is 66.7 cm³/mol. The quantitative estimate of drug-likeness (QED) is 0.800. The first kappa shape index (κ1) is 11.7. The molecule has 0 spiro atoms. The number of rotatable bonds is 3. The highest BCUT2D eigenvalue weighted by Gasteiger charge is 2.19. The van der Waals surface area contributed by atoms with Gasteiger partial charge in [0.15, 0.2) is 0 Å². The van der Waals surface area contributed by atoms with Gasteiger partial charge in [-0.25, -0.2) is 0 Å². The van der Waals surface area contributed by atoms with Gasteiger partial charge in [-0.15, -0.1) is 11.8 Å². The number of hydrogen-bond acceptors (Lipinski definition) is 3. The van der Waals surface area contributed by atoms with Crippen molar-refractivity contribution in [2.24, 2.45) is 5.92 Å². The Morgan fingerprint density at radius 2 is 1.93 bits per heavy atom. The van der Waals surface area contributed by atoms with Crippen molar-refractivity contribution in [3.63, 3.8) is 0 Å². The molecule has 0 aliphatic rings. The summed E-state index contributed by atoms with van der Waals surface area (Å²) in [5.41, 5.74) is 0.927. The fourth-order valence-electron chi connectivity index (χ4n) is 1.25. The van der Waals surface area contributed by atoms with Crippen LogP contribution in [0.3, 0.4) is 0 Å². The highest BCUT2D eigenvalue weighted by molar-refractivity contribution is 8.22. The van der Waals surface area contributed by atoms with Crippen molar-refractivity contribution in [1.29, 1.82) is 0 Å². The van der Waals surface area contributed by atoms with Crippen LogP contribution in [0.25, 0.3) is 0 Å². The lowest BCUT2D eigenvalue weighted by molar-refractivity contribution is 0.149. The lowest BCUT2D eigenvalue weighted by Crippen LogP contribution is -2.15. The van der Waals surface area contributed by atoms with Crippen LogP contribution in [0.1, 0.15) is 18.6 Å². The third kappa shape index (κ3) is 2.80. The van der Waals surface area contributed by atoms with E-state index in [1.54, 1.807) is 0 Å². The first-order valence-corrected chi connectivity index (χ1v) is 6.11. The maximum Gasteiger partial charge on any atom is 0.0869 e. The van der Waals surface area contributed by atoms with Crippen LogP contribution in [0.15, 0.2) is 30.3 Å². The van der Waals surface area contributed by atoms with Gasteiger partial charge < -0.3 is 5.11 Å². The van der Waals surface area contributed by atoms with Crippen molar-refractivity contribution in [3.05, 3.63) is 35.9 Å². The number of thioether (sulfide) groups is 1. The molecule has 1 nitrogen and oxygen atoms in total. The Morgan fingerprint density at radius 1 is 1.36 bits per heavy atom. The fraction of sp³-hybridized carbons (Fsp3) is 0.364. The Hall–Kier alpha value is -0.380. The molecule has 0 unspecified atom stereocenters. The standard InChI is InChI=1S/C11H14OS2/c1-8(11(13)14-2)10(12)9-6-4-3-5-7-9/h3-8,10,12H,1-2H3/t8-,10+/m1/s1. The first-order valence-electron chi connectivity index (χ1n) is 4.47. The minimum absolute atomic E-state index is 0.0161. The molecule has 3 heteroatoms. The van der Waals surface area contributed by atoms with Crippen LogP contribution in [-0.2, 0) is 0 Å². The van der Waals surface area contributed by atoms with E-state index in [-0.39, 0.29) is 5.92 Å².